The number of piperidine rings is 1. The number of amides is 2. The van der Waals surface area contributed by atoms with Gasteiger partial charge in [-0.05, 0) is 59.2 Å². The molecule has 2 amide bonds. The van der Waals surface area contributed by atoms with Crippen LogP contribution in [0.1, 0.15) is 28.9 Å². The molecule has 0 bridgehead atoms. The molecule has 3 aromatic carbocycles. The minimum absolute atomic E-state index is 0.0256. The molecule has 0 spiro atoms. The summed E-state index contributed by atoms with van der Waals surface area (Å²) in [5.74, 6) is -3.35. The highest BCUT2D eigenvalue weighted by Gasteiger charge is 2.35. The van der Waals surface area contributed by atoms with Gasteiger partial charge in [0.25, 0.3) is 11.8 Å². The van der Waals surface area contributed by atoms with E-state index in [9.17, 15) is 22.8 Å². The zero-order valence-electron chi connectivity index (χ0n) is 19.7. The van der Waals surface area contributed by atoms with Crippen molar-refractivity contribution in [1.29, 1.82) is 0 Å². The molecule has 2 heterocycles. The molecular weight excluding hydrogens is 483 g/mol. The average molecular weight is 508 g/mol. The van der Waals surface area contributed by atoms with E-state index in [1.165, 1.54) is 17.0 Å². The number of fused-ring (bicyclic) bond motifs is 1. The van der Waals surface area contributed by atoms with Gasteiger partial charge in [0, 0.05) is 48.1 Å². The number of hydrogen-bond donors (Lipinski definition) is 3. The summed E-state index contributed by atoms with van der Waals surface area (Å²) in [5, 5.41) is 12.1. The Morgan fingerprint density at radius 1 is 0.919 bits per heavy atom. The number of hydrogen-bond acceptors (Lipinski definition) is 2. The van der Waals surface area contributed by atoms with Gasteiger partial charge in [-0.3, -0.25) is 4.79 Å². The standard InChI is InChI=1S/C28H24F3N3O3/c29-22-7-5-18(6-8-22)24-15-20(13-21-14-23(33-25(21)24)16-32-27(36)37)17-1-3-19(4-2-17)26(35)34-11-9-28(30,31)10-12-34/h1-8,13-15,32-33H,9-12,16H2,(H,36,37). The van der Waals surface area contributed by atoms with Gasteiger partial charge in [-0.1, -0.05) is 24.3 Å². The summed E-state index contributed by atoms with van der Waals surface area (Å²) in [6.07, 6.45) is -1.79. The van der Waals surface area contributed by atoms with Crippen LogP contribution < -0.4 is 5.32 Å². The molecule has 3 N–H and O–H groups in total. The van der Waals surface area contributed by atoms with Crippen LogP contribution in [0, 0.1) is 5.82 Å². The van der Waals surface area contributed by atoms with Gasteiger partial charge in [0.15, 0.2) is 0 Å². The molecule has 9 heteroatoms. The van der Waals surface area contributed by atoms with Gasteiger partial charge in [-0.15, -0.1) is 0 Å². The second kappa shape index (κ2) is 9.65. The highest BCUT2D eigenvalue weighted by atomic mass is 19.3. The Hall–Kier alpha value is -4.27. The number of benzene rings is 3. The number of aromatic nitrogens is 1. The number of aromatic amines is 1. The number of carboxylic acid groups (broad SMARTS) is 1. The first-order valence-electron chi connectivity index (χ1n) is 11.8. The van der Waals surface area contributed by atoms with E-state index in [1.807, 2.05) is 18.2 Å². The van der Waals surface area contributed by atoms with Crippen molar-refractivity contribution in [1.82, 2.24) is 15.2 Å². The van der Waals surface area contributed by atoms with Crippen LogP contribution in [0.25, 0.3) is 33.2 Å². The lowest BCUT2D eigenvalue weighted by molar-refractivity contribution is -0.0494. The van der Waals surface area contributed by atoms with E-state index < -0.39 is 12.0 Å². The smallest absolute Gasteiger partial charge is 0.404 e. The van der Waals surface area contributed by atoms with Gasteiger partial charge in [0.05, 0.1) is 12.1 Å². The number of alkyl halides is 2. The van der Waals surface area contributed by atoms with Crippen molar-refractivity contribution in [2.45, 2.75) is 25.3 Å². The molecule has 0 aliphatic carbocycles. The molecule has 0 unspecified atom stereocenters. The first kappa shape index (κ1) is 24.4. The van der Waals surface area contributed by atoms with Crippen LogP contribution in [-0.2, 0) is 6.54 Å². The normalized spacial score (nSPS) is 15.1. The summed E-state index contributed by atoms with van der Waals surface area (Å²) < 4.78 is 40.5. The second-order valence-corrected chi connectivity index (χ2v) is 9.17. The van der Waals surface area contributed by atoms with Crippen molar-refractivity contribution in [3.8, 4) is 22.3 Å². The molecule has 37 heavy (non-hydrogen) atoms. The van der Waals surface area contributed by atoms with Gasteiger partial charge in [-0.25, -0.2) is 18.0 Å². The Balaban J connectivity index is 1.48. The molecule has 1 saturated heterocycles. The highest BCUT2D eigenvalue weighted by molar-refractivity contribution is 5.99. The van der Waals surface area contributed by atoms with Crippen molar-refractivity contribution in [3.05, 3.63) is 83.8 Å². The number of nitrogens with zero attached hydrogens (tertiary/aromatic N) is 1. The third-order valence-corrected chi connectivity index (χ3v) is 6.62. The lowest BCUT2D eigenvalue weighted by Gasteiger charge is -2.31. The van der Waals surface area contributed by atoms with E-state index in [4.69, 9.17) is 5.11 Å². The first-order chi connectivity index (χ1) is 17.7. The van der Waals surface area contributed by atoms with Crippen molar-refractivity contribution < 1.29 is 27.9 Å². The summed E-state index contributed by atoms with van der Waals surface area (Å²) in [6.45, 7) is 0.150. The number of H-pyrrole nitrogens is 1. The van der Waals surface area contributed by atoms with Crippen LogP contribution >= 0.6 is 0 Å². The Morgan fingerprint density at radius 3 is 2.22 bits per heavy atom. The predicted octanol–water partition coefficient (Wildman–Crippen LogP) is 6.28. The van der Waals surface area contributed by atoms with Gasteiger partial charge in [0.2, 0.25) is 0 Å². The zero-order chi connectivity index (χ0) is 26.2. The molecule has 1 fully saturated rings. The molecule has 5 rings (SSSR count). The van der Waals surface area contributed by atoms with Crippen LogP contribution in [0.2, 0.25) is 0 Å². The van der Waals surface area contributed by atoms with Crippen LogP contribution in [0.3, 0.4) is 0 Å². The van der Waals surface area contributed by atoms with Gasteiger partial charge >= 0.3 is 6.09 Å². The van der Waals surface area contributed by atoms with E-state index in [-0.39, 0.29) is 44.2 Å². The minimum Gasteiger partial charge on any atom is -0.465 e. The third kappa shape index (κ3) is 5.30. The van der Waals surface area contributed by atoms with E-state index >= 15 is 0 Å². The number of likely N-dealkylation sites (tertiary alicyclic amines) is 1. The number of carbonyl (C=O) groups excluding carboxylic acids is 1. The number of carbonyl (C=O) groups is 2. The number of halogens is 3. The van der Waals surface area contributed by atoms with Crippen LogP contribution in [0.15, 0.2) is 66.7 Å². The SMILES string of the molecule is O=C(O)NCc1cc2cc(-c3ccc(C(=O)N4CCC(F)(F)CC4)cc3)cc(-c3ccc(F)cc3)c2[nH]1. The summed E-state index contributed by atoms with van der Waals surface area (Å²) in [6, 6.07) is 18.8. The molecule has 4 aromatic rings. The van der Waals surface area contributed by atoms with Gasteiger partial charge in [-0.2, -0.15) is 0 Å². The monoisotopic (exact) mass is 507 g/mol. The molecule has 0 atom stereocenters. The zero-order valence-corrected chi connectivity index (χ0v) is 19.7. The van der Waals surface area contributed by atoms with E-state index in [0.717, 1.165) is 33.2 Å². The predicted molar refractivity (Wildman–Crippen MR) is 134 cm³/mol. The summed E-state index contributed by atoms with van der Waals surface area (Å²) in [5.41, 5.74) is 5.15. The average Bonchev–Trinajstić information content (AvgIpc) is 3.30. The second-order valence-electron chi connectivity index (χ2n) is 9.17. The Labute approximate surface area is 210 Å². The largest absolute Gasteiger partial charge is 0.465 e. The fourth-order valence-corrected chi connectivity index (χ4v) is 4.62. The molecule has 0 radical (unpaired) electrons. The Bertz CT molecular complexity index is 1450. The number of nitrogens with one attached hydrogen (secondary N) is 2. The third-order valence-electron chi connectivity index (χ3n) is 6.62. The topological polar surface area (TPSA) is 85.4 Å². The van der Waals surface area contributed by atoms with Crippen molar-refractivity contribution >= 4 is 22.9 Å². The van der Waals surface area contributed by atoms with Crippen molar-refractivity contribution in [2.24, 2.45) is 0 Å². The van der Waals surface area contributed by atoms with Crippen molar-refractivity contribution in [3.63, 3.8) is 0 Å². The summed E-state index contributed by atoms with van der Waals surface area (Å²) >= 11 is 0. The fraction of sp³-hybridized carbons (Fsp3) is 0.214. The Kier molecular flexibility index (Phi) is 6.37. The van der Waals surface area contributed by atoms with Crippen LogP contribution in [0.4, 0.5) is 18.0 Å². The molecule has 6 nitrogen and oxygen atoms in total. The van der Waals surface area contributed by atoms with E-state index in [0.29, 0.717) is 11.3 Å². The maximum Gasteiger partial charge on any atom is 0.404 e. The Morgan fingerprint density at radius 2 is 1.57 bits per heavy atom. The van der Waals surface area contributed by atoms with E-state index in [2.05, 4.69) is 10.3 Å². The number of rotatable bonds is 5. The molecule has 0 saturated carbocycles. The van der Waals surface area contributed by atoms with Crippen molar-refractivity contribution in [2.75, 3.05) is 13.1 Å². The fourth-order valence-electron chi connectivity index (χ4n) is 4.62. The quantitative estimate of drug-likeness (QED) is 0.297. The first-order valence-corrected chi connectivity index (χ1v) is 11.8. The van der Waals surface area contributed by atoms with Gasteiger partial charge in [0.1, 0.15) is 5.82 Å². The minimum atomic E-state index is -2.72. The lowest BCUT2D eigenvalue weighted by Crippen LogP contribution is -2.42. The molecule has 1 aliphatic rings. The molecular formula is C28H24F3N3O3. The molecule has 1 aromatic heterocycles. The maximum atomic E-state index is 13.6. The maximum absolute atomic E-state index is 13.6. The summed E-state index contributed by atoms with van der Waals surface area (Å²) in [4.78, 5) is 28.5. The molecule has 1 aliphatic heterocycles. The van der Waals surface area contributed by atoms with Gasteiger partial charge < -0.3 is 20.3 Å². The lowest BCUT2D eigenvalue weighted by atomic mass is 9.95. The van der Waals surface area contributed by atoms with Crippen LogP contribution in [0.5, 0.6) is 0 Å². The van der Waals surface area contributed by atoms with E-state index in [1.54, 1.807) is 36.4 Å². The van der Waals surface area contributed by atoms with Crippen LogP contribution in [-0.4, -0.2) is 46.0 Å². The molecule has 190 valence electrons. The highest BCUT2D eigenvalue weighted by Crippen LogP contribution is 2.35. The summed E-state index contributed by atoms with van der Waals surface area (Å²) in [7, 11) is 0.